The van der Waals surface area contributed by atoms with E-state index < -0.39 is 0 Å². The number of piperazine rings is 1. The van der Waals surface area contributed by atoms with Gasteiger partial charge in [-0.25, -0.2) is 0 Å². The second kappa shape index (κ2) is 7.34. The number of hydrogen-bond donors (Lipinski definition) is 1. The molecule has 2 fully saturated rings. The lowest BCUT2D eigenvalue weighted by atomic mass is 9.82. The highest BCUT2D eigenvalue weighted by atomic mass is 16.5. The van der Waals surface area contributed by atoms with E-state index in [4.69, 9.17) is 4.74 Å². The van der Waals surface area contributed by atoms with Gasteiger partial charge in [-0.1, -0.05) is 19.3 Å². The molecule has 0 aromatic carbocycles. The van der Waals surface area contributed by atoms with Gasteiger partial charge in [0.2, 0.25) is 0 Å². The molecule has 1 aliphatic carbocycles. The summed E-state index contributed by atoms with van der Waals surface area (Å²) in [5.41, 5.74) is 0. The molecule has 1 heterocycles. The van der Waals surface area contributed by atoms with Crippen LogP contribution in [0.25, 0.3) is 0 Å². The number of hydrogen-bond acceptors (Lipinski definition) is 3. The predicted octanol–water partition coefficient (Wildman–Crippen LogP) is 1.88. The molecule has 1 N–H and O–H groups in total. The number of rotatable bonds is 5. The van der Waals surface area contributed by atoms with E-state index in [-0.39, 0.29) is 0 Å². The molecule has 0 spiro atoms. The van der Waals surface area contributed by atoms with Gasteiger partial charge < -0.3 is 10.1 Å². The highest BCUT2D eigenvalue weighted by Gasteiger charge is 2.30. The molecule has 2 rings (SSSR count). The van der Waals surface area contributed by atoms with Crippen LogP contribution in [0.1, 0.15) is 38.5 Å². The van der Waals surface area contributed by atoms with Crippen molar-refractivity contribution in [1.82, 2.24) is 10.2 Å². The molecule has 0 radical (unpaired) electrons. The SMILES string of the molecule is COCCCN1CCNCC1C1CCCCC1. The summed E-state index contributed by atoms with van der Waals surface area (Å²) in [5.74, 6) is 0.944. The van der Waals surface area contributed by atoms with E-state index in [1.165, 1.54) is 58.2 Å². The van der Waals surface area contributed by atoms with E-state index in [9.17, 15) is 0 Å². The highest BCUT2D eigenvalue weighted by molar-refractivity contribution is 4.86. The first kappa shape index (κ1) is 13.3. The van der Waals surface area contributed by atoms with Crippen molar-refractivity contribution in [1.29, 1.82) is 0 Å². The zero-order valence-electron chi connectivity index (χ0n) is 11.3. The second-order valence-corrected chi connectivity index (χ2v) is 5.55. The van der Waals surface area contributed by atoms with Gasteiger partial charge in [-0.2, -0.15) is 0 Å². The molecular weight excluding hydrogens is 212 g/mol. The Labute approximate surface area is 106 Å². The Hall–Kier alpha value is -0.120. The molecule has 3 nitrogen and oxygen atoms in total. The molecule has 1 aliphatic heterocycles. The standard InChI is InChI=1S/C14H28N2O/c1-17-11-5-9-16-10-8-15-12-14(16)13-6-3-2-4-7-13/h13-15H,2-12H2,1H3. The lowest BCUT2D eigenvalue weighted by Crippen LogP contribution is -2.55. The van der Waals surface area contributed by atoms with Crippen molar-refractivity contribution in [3.63, 3.8) is 0 Å². The highest BCUT2D eigenvalue weighted by Crippen LogP contribution is 2.29. The summed E-state index contributed by atoms with van der Waals surface area (Å²) in [4.78, 5) is 2.71. The third-order valence-corrected chi connectivity index (χ3v) is 4.39. The maximum atomic E-state index is 5.17. The first-order chi connectivity index (χ1) is 8.42. The molecule has 0 amide bonds. The van der Waals surface area contributed by atoms with Crippen LogP contribution in [0.5, 0.6) is 0 Å². The minimum atomic E-state index is 0.793. The normalized spacial score (nSPS) is 28.4. The molecule has 1 atom stereocenters. The van der Waals surface area contributed by atoms with E-state index >= 15 is 0 Å². The largest absolute Gasteiger partial charge is 0.385 e. The van der Waals surface area contributed by atoms with Crippen LogP contribution in [0, 0.1) is 5.92 Å². The van der Waals surface area contributed by atoms with Crippen LogP contribution in [0.15, 0.2) is 0 Å². The summed E-state index contributed by atoms with van der Waals surface area (Å²) in [7, 11) is 1.80. The molecule has 1 unspecified atom stereocenters. The van der Waals surface area contributed by atoms with Crippen molar-refractivity contribution in [3.05, 3.63) is 0 Å². The Balaban J connectivity index is 1.82. The van der Waals surface area contributed by atoms with Gasteiger partial charge in [-0.3, -0.25) is 4.90 Å². The molecular formula is C14H28N2O. The average Bonchev–Trinajstić information content (AvgIpc) is 2.41. The molecule has 0 aromatic heterocycles. The number of nitrogens with zero attached hydrogens (tertiary/aromatic N) is 1. The Morgan fingerprint density at radius 3 is 2.82 bits per heavy atom. The van der Waals surface area contributed by atoms with Crippen molar-refractivity contribution < 1.29 is 4.74 Å². The quantitative estimate of drug-likeness (QED) is 0.743. The van der Waals surface area contributed by atoms with Gasteiger partial charge >= 0.3 is 0 Å². The van der Waals surface area contributed by atoms with Crippen molar-refractivity contribution in [2.45, 2.75) is 44.6 Å². The van der Waals surface area contributed by atoms with E-state index in [2.05, 4.69) is 10.2 Å². The van der Waals surface area contributed by atoms with Gasteiger partial charge in [0.05, 0.1) is 0 Å². The maximum absolute atomic E-state index is 5.17. The Kier molecular flexibility index (Phi) is 5.75. The maximum Gasteiger partial charge on any atom is 0.0474 e. The Bertz CT molecular complexity index is 204. The van der Waals surface area contributed by atoms with Gasteiger partial charge in [0.25, 0.3) is 0 Å². The number of nitrogens with one attached hydrogen (secondary N) is 1. The Morgan fingerprint density at radius 1 is 1.24 bits per heavy atom. The molecule has 100 valence electrons. The Morgan fingerprint density at radius 2 is 2.06 bits per heavy atom. The number of ether oxygens (including phenoxy) is 1. The number of methoxy groups -OCH3 is 1. The van der Waals surface area contributed by atoms with E-state index in [1.807, 2.05) is 0 Å². The minimum Gasteiger partial charge on any atom is -0.385 e. The van der Waals surface area contributed by atoms with Gasteiger partial charge in [0.15, 0.2) is 0 Å². The fraction of sp³-hybridized carbons (Fsp3) is 1.00. The predicted molar refractivity (Wildman–Crippen MR) is 71.3 cm³/mol. The lowest BCUT2D eigenvalue weighted by Gasteiger charge is -2.42. The van der Waals surface area contributed by atoms with Crippen LogP contribution in [-0.2, 0) is 4.74 Å². The smallest absolute Gasteiger partial charge is 0.0474 e. The van der Waals surface area contributed by atoms with Gasteiger partial charge in [0.1, 0.15) is 0 Å². The summed E-state index contributed by atoms with van der Waals surface area (Å²) in [6.07, 6.45) is 8.44. The summed E-state index contributed by atoms with van der Waals surface area (Å²) < 4.78 is 5.17. The molecule has 3 heteroatoms. The molecule has 17 heavy (non-hydrogen) atoms. The topological polar surface area (TPSA) is 24.5 Å². The summed E-state index contributed by atoms with van der Waals surface area (Å²) in [6, 6.07) is 0.793. The van der Waals surface area contributed by atoms with Crippen molar-refractivity contribution in [3.8, 4) is 0 Å². The van der Waals surface area contributed by atoms with Crippen LogP contribution in [0.4, 0.5) is 0 Å². The van der Waals surface area contributed by atoms with Crippen molar-refractivity contribution in [2.75, 3.05) is 39.9 Å². The van der Waals surface area contributed by atoms with Crippen LogP contribution in [0.2, 0.25) is 0 Å². The molecule has 2 aliphatic rings. The lowest BCUT2D eigenvalue weighted by molar-refractivity contribution is 0.0811. The van der Waals surface area contributed by atoms with Crippen molar-refractivity contribution in [2.24, 2.45) is 5.92 Å². The van der Waals surface area contributed by atoms with Crippen LogP contribution in [0.3, 0.4) is 0 Å². The third kappa shape index (κ3) is 3.94. The van der Waals surface area contributed by atoms with E-state index in [1.54, 1.807) is 7.11 Å². The zero-order chi connectivity index (χ0) is 11.9. The first-order valence-electron chi connectivity index (χ1n) is 7.35. The summed E-state index contributed by atoms with van der Waals surface area (Å²) in [6.45, 7) is 5.72. The third-order valence-electron chi connectivity index (χ3n) is 4.39. The second-order valence-electron chi connectivity index (χ2n) is 5.55. The van der Waals surface area contributed by atoms with Crippen LogP contribution >= 0.6 is 0 Å². The molecule has 0 aromatic rings. The van der Waals surface area contributed by atoms with Crippen LogP contribution < -0.4 is 5.32 Å². The molecule has 1 saturated heterocycles. The fourth-order valence-corrected chi connectivity index (χ4v) is 3.44. The van der Waals surface area contributed by atoms with Gasteiger partial charge in [-0.05, 0) is 25.2 Å². The fourth-order valence-electron chi connectivity index (χ4n) is 3.44. The summed E-state index contributed by atoms with van der Waals surface area (Å²) >= 11 is 0. The molecule has 0 bridgehead atoms. The van der Waals surface area contributed by atoms with E-state index in [0.717, 1.165) is 25.1 Å². The summed E-state index contributed by atoms with van der Waals surface area (Å²) in [5, 5.41) is 3.58. The molecule has 1 saturated carbocycles. The van der Waals surface area contributed by atoms with E-state index in [0.29, 0.717) is 0 Å². The van der Waals surface area contributed by atoms with Crippen LogP contribution in [-0.4, -0.2) is 50.8 Å². The average molecular weight is 240 g/mol. The zero-order valence-corrected chi connectivity index (χ0v) is 11.3. The van der Waals surface area contributed by atoms with Gasteiger partial charge in [0, 0.05) is 45.9 Å². The monoisotopic (exact) mass is 240 g/mol. The first-order valence-corrected chi connectivity index (χ1v) is 7.35. The minimum absolute atomic E-state index is 0.793. The van der Waals surface area contributed by atoms with Crippen molar-refractivity contribution >= 4 is 0 Å². The van der Waals surface area contributed by atoms with Gasteiger partial charge in [-0.15, -0.1) is 0 Å².